The summed E-state index contributed by atoms with van der Waals surface area (Å²) in [5.41, 5.74) is 7.86. The fourth-order valence-electron chi connectivity index (χ4n) is 1.71. The fourth-order valence-corrected chi connectivity index (χ4v) is 2.42. The highest BCUT2D eigenvalue weighted by atomic mass is 32.2. The molecule has 3 rings (SSSR count). The third kappa shape index (κ3) is 3.19. The van der Waals surface area contributed by atoms with Gasteiger partial charge in [0.1, 0.15) is 5.03 Å². The summed E-state index contributed by atoms with van der Waals surface area (Å²) in [6.07, 6.45) is 3.16. The second kappa shape index (κ2) is 5.92. The molecular formula is C14H13N5OS. The second-order valence-electron chi connectivity index (χ2n) is 4.41. The van der Waals surface area contributed by atoms with E-state index in [0.29, 0.717) is 28.3 Å². The topological polar surface area (TPSA) is 90.7 Å². The zero-order chi connectivity index (χ0) is 14.7. The van der Waals surface area contributed by atoms with E-state index in [9.17, 15) is 0 Å². The lowest BCUT2D eigenvalue weighted by molar-refractivity contribution is 0.391. The van der Waals surface area contributed by atoms with Crippen LogP contribution in [0.25, 0.3) is 11.4 Å². The molecule has 0 unspecified atom stereocenters. The van der Waals surface area contributed by atoms with Gasteiger partial charge in [0.2, 0.25) is 11.7 Å². The third-order valence-corrected chi connectivity index (χ3v) is 3.78. The highest BCUT2D eigenvalue weighted by molar-refractivity contribution is 7.98. The molecule has 0 aliphatic heterocycles. The first-order valence-electron chi connectivity index (χ1n) is 6.31. The van der Waals surface area contributed by atoms with Crippen LogP contribution in [0, 0.1) is 6.92 Å². The van der Waals surface area contributed by atoms with Gasteiger partial charge in [0.05, 0.1) is 5.75 Å². The Bertz CT molecular complexity index is 741. The van der Waals surface area contributed by atoms with Gasteiger partial charge in [0, 0.05) is 18.0 Å². The molecule has 0 bridgehead atoms. The van der Waals surface area contributed by atoms with E-state index < -0.39 is 0 Å². The minimum Gasteiger partial charge on any atom is -0.381 e. The van der Waals surface area contributed by atoms with Crippen LogP contribution < -0.4 is 5.73 Å². The molecule has 7 heteroatoms. The largest absolute Gasteiger partial charge is 0.381 e. The number of hydrogen-bond acceptors (Lipinski definition) is 7. The van der Waals surface area contributed by atoms with E-state index in [0.717, 1.165) is 5.56 Å². The van der Waals surface area contributed by atoms with Crippen molar-refractivity contribution in [3.63, 3.8) is 0 Å². The summed E-state index contributed by atoms with van der Waals surface area (Å²) in [4.78, 5) is 12.5. The molecule has 3 aromatic rings. The number of aryl methyl sites for hydroxylation is 1. The van der Waals surface area contributed by atoms with Crippen molar-refractivity contribution in [2.75, 3.05) is 5.73 Å². The molecule has 6 nitrogen and oxygen atoms in total. The number of nitrogen functional groups attached to an aromatic ring is 1. The van der Waals surface area contributed by atoms with E-state index in [-0.39, 0.29) is 0 Å². The highest BCUT2D eigenvalue weighted by Crippen LogP contribution is 2.24. The minimum absolute atomic E-state index is 0.403. The first-order valence-corrected chi connectivity index (χ1v) is 7.30. The number of aromatic nitrogens is 4. The Morgan fingerprint density at radius 3 is 2.67 bits per heavy atom. The van der Waals surface area contributed by atoms with Crippen molar-refractivity contribution >= 4 is 17.6 Å². The molecule has 1 aromatic carbocycles. The Labute approximate surface area is 125 Å². The van der Waals surface area contributed by atoms with Crippen LogP contribution in [0.4, 0.5) is 5.82 Å². The van der Waals surface area contributed by atoms with Crippen molar-refractivity contribution in [1.82, 2.24) is 20.1 Å². The van der Waals surface area contributed by atoms with Gasteiger partial charge in [-0.25, -0.2) is 9.97 Å². The van der Waals surface area contributed by atoms with Gasteiger partial charge >= 0.3 is 0 Å². The number of anilines is 1. The smallest absolute Gasteiger partial charge is 0.237 e. The zero-order valence-electron chi connectivity index (χ0n) is 11.4. The van der Waals surface area contributed by atoms with Gasteiger partial charge in [-0.2, -0.15) is 4.98 Å². The Morgan fingerprint density at radius 1 is 1.14 bits per heavy atom. The molecule has 2 heterocycles. The number of nitrogens with two attached hydrogens (primary N) is 1. The molecule has 2 N–H and O–H groups in total. The van der Waals surface area contributed by atoms with Crippen LogP contribution in [0.1, 0.15) is 11.5 Å². The van der Waals surface area contributed by atoms with Crippen LogP contribution in [0.3, 0.4) is 0 Å². The fraction of sp³-hybridized carbons (Fsp3) is 0.143. The van der Waals surface area contributed by atoms with Crippen LogP contribution in [0.2, 0.25) is 0 Å². The monoisotopic (exact) mass is 299 g/mol. The van der Waals surface area contributed by atoms with Crippen LogP contribution in [0.15, 0.2) is 46.2 Å². The molecule has 0 radical (unpaired) electrons. The molecular weight excluding hydrogens is 286 g/mol. The van der Waals surface area contributed by atoms with Gasteiger partial charge in [0.15, 0.2) is 5.82 Å². The van der Waals surface area contributed by atoms with Crippen molar-refractivity contribution in [2.24, 2.45) is 0 Å². The van der Waals surface area contributed by atoms with Gasteiger partial charge in [-0.3, -0.25) is 0 Å². The molecule has 0 atom stereocenters. The number of rotatable bonds is 4. The summed E-state index contributed by atoms with van der Waals surface area (Å²) < 4.78 is 5.24. The summed E-state index contributed by atoms with van der Waals surface area (Å²) in [7, 11) is 0. The molecule has 0 spiro atoms. The average molecular weight is 299 g/mol. The van der Waals surface area contributed by atoms with Gasteiger partial charge in [-0.15, -0.1) is 0 Å². The van der Waals surface area contributed by atoms with E-state index in [1.54, 1.807) is 12.4 Å². The summed E-state index contributed by atoms with van der Waals surface area (Å²) in [6, 6.07) is 7.97. The highest BCUT2D eigenvalue weighted by Gasteiger charge is 2.10. The minimum atomic E-state index is 0.403. The Balaban J connectivity index is 1.71. The Morgan fingerprint density at radius 2 is 1.90 bits per heavy atom. The van der Waals surface area contributed by atoms with Crippen LogP contribution in [0.5, 0.6) is 0 Å². The standard InChI is InChI=1S/C14H13N5OS/c1-9-2-4-10(5-3-9)13-18-11(20-19-13)8-21-14-12(15)16-6-7-17-14/h2-7H,8H2,1H3,(H2,15,16). The van der Waals surface area contributed by atoms with Gasteiger partial charge < -0.3 is 10.3 Å². The molecule has 0 saturated carbocycles. The number of nitrogens with zero attached hydrogens (tertiary/aromatic N) is 4. The Hall–Kier alpha value is -2.41. The third-order valence-electron chi connectivity index (χ3n) is 2.80. The van der Waals surface area contributed by atoms with Crippen molar-refractivity contribution in [1.29, 1.82) is 0 Å². The van der Waals surface area contributed by atoms with Gasteiger partial charge in [-0.1, -0.05) is 46.7 Å². The van der Waals surface area contributed by atoms with Crippen LogP contribution in [-0.4, -0.2) is 20.1 Å². The lowest BCUT2D eigenvalue weighted by Crippen LogP contribution is -1.95. The number of hydrogen-bond donors (Lipinski definition) is 1. The maximum atomic E-state index is 5.73. The van der Waals surface area contributed by atoms with E-state index >= 15 is 0 Å². The first-order chi connectivity index (χ1) is 10.2. The lowest BCUT2D eigenvalue weighted by Gasteiger charge is -1.99. The van der Waals surface area contributed by atoms with Crippen molar-refractivity contribution in [2.45, 2.75) is 17.7 Å². The summed E-state index contributed by atoms with van der Waals surface area (Å²) in [5.74, 6) is 2.01. The predicted octanol–water partition coefficient (Wildman–Crippen LogP) is 2.71. The van der Waals surface area contributed by atoms with Crippen LogP contribution >= 0.6 is 11.8 Å². The lowest BCUT2D eigenvalue weighted by atomic mass is 10.1. The van der Waals surface area contributed by atoms with Crippen molar-refractivity contribution in [3.05, 3.63) is 48.1 Å². The van der Waals surface area contributed by atoms with E-state index in [4.69, 9.17) is 10.3 Å². The van der Waals surface area contributed by atoms with Gasteiger partial charge in [0.25, 0.3) is 0 Å². The van der Waals surface area contributed by atoms with Crippen molar-refractivity contribution < 1.29 is 4.52 Å². The van der Waals surface area contributed by atoms with E-state index in [1.165, 1.54) is 17.3 Å². The summed E-state index contributed by atoms with van der Waals surface area (Å²) in [6.45, 7) is 2.04. The van der Waals surface area contributed by atoms with Gasteiger partial charge in [-0.05, 0) is 6.92 Å². The van der Waals surface area contributed by atoms with E-state index in [1.807, 2.05) is 31.2 Å². The molecule has 21 heavy (non-hydrogen) atoms. The predicted molar refractivity (Wildman–Crippen MR) is 80.5 cm³/mol. The van der Waals surface area contributed by atoms with Crippen LogP contribution in [-0.2, 0) is 5.75 Å². The zero-order valence-corrected chi connectivity index (χ0v) is 12.2. The summed E-state index contributed by atoms with van der Waals surface area (Å²) >= 11 is 1.42. The first kappa shape index (κ1) is 13.6. The number of benzene rings is 1. The molecule has 0 amide bonds. The molecule has 0 aliphatic carbocycles. The second-order valence-corrected chi connectivity index (χ2v) is 5.38. The normalized spacial score (nSPS) is 10.7. The SMILES string of the molecule is Cc1ccc(-c2noc(CSc3nccnc3N)n2)cc1. The Kier molecular flexibility index (Phi) is 3.83. The molecule has 106 valence electrons. The maximum Gasteiger partial charge on any atom is 0.237 e. The molecule has 2 aromatic heterocycles. The number of thioether (sulfide) groups is 1. The van der Waals surface area contributed by atoms with Crippen molar-refractivity contribution in [3.8, 4) is 11.4 Å². The quantitative estimate of drug-likeness (QED) is 0.740. The molecule has 0 saturated heterocycles. The average Bonchev–Trinajstić information content (AvgIpc) is 2.96. The molecule has 0 aliphatic rings. The van der Waals surface area contributed by atoms with E-state index in [2.05, 4.69) is 20.1 Å². The summed E-state index contributed by atoms with van der Waals surface area (Å²) in [5, 5.41) is 4.64. The maximum absolute atomic E-state index is 5.73. The molecule has 0 fully saturated rings.